The second-order valence-corrected chi connectivity index (χ2v) is 6.87. The topological polar surface area (TPSA) is 75.3 Å². The number of sulfonamides is 1. The highest BCUT2D eigenvalue weighted by Gasteiger charge is 2.24. The van der Waals surface area contributed by atoms with Gasteiger partial charge in [0.1, 0.15) is 4.21 Å². The maximum absolute atomic E-state index is 11.7. The highest BCUT2D eigenvalue weighted by molar-refractivity contribution is 7.91. The van der Waals surface area contributed by atoms with Gasteiger partial charge in [-0.3, -0.25) is 10.2 Å². The molecule has 1 fully saturated rings. The molecule has 1 saturated carbocycles. The summed E-state index contributed by atoms with van der Waals surface area (Å²) in [4.78, 5) is 13.7. The predicted molar refractivity (Wildman–Crippen MR) is 64.7 cm³/mol. The van der Waals surface area contributed by atoms with E-state index in [9.17, 15) is 13.2 Å². The number of nitrogens with one attached hydrogen (secondary N) is 2. The van der Waals surface area contributed by atoms with Crippen LogP contribution in [0.1, 0.15) is 25.7 Å². The van der Waals surface area contributed by atoms with Gasteiger partial charge in [-0.1, -0.05) is 18.9 Å². The zero-order valence-corrected chi connectivity index (χ0v) is 10.8. The first-order chi connectivity index (χ1) is 8.09. The van der Waals surface area contributed by atoms with E-state index < -0.39 is 10.0 Å². The van der Waals surface area contributed by atoms with Crippen molar-refractivity contribution in [3.05, 3.63) is 17.5 Å². The van der Waals surface area contributed by atoms with Gasteiger partial charge in [0.05, 0.1) is 0 Å². The van der Waals surface area contributed by atoms with E-state index in [0.29, 0.717) is 0 Å². The summed E-state index contributed by atoms with van der Waals surface area (Å²) in [6, 6.07) is 3.15. The first kappa shape index (κ1) is 12.5. The third-order valence-electron chi connectivity index (χ3n) is 2.79. The van der Waals surface area contributed by atoms with Gasteiger partial charge in [0.2, 0.25) is 5.91 Å². The molecule has 1 aromatic rings. The lowest BCUT2D eigenvalue weighted by Crippen LogP contribution is -2.43. The number of carbonyl (C=O) groups excluding carboxylic acids is 1. The van der Waals surface area contributed by atoms with E-state index in [1.165, 1.54) is 6.07 Å². The molecular weight excluding hydrogens is 260 g/mol. The molecule has 1 amide bonds. The van der Waals surface area contributed by atoms with Gasteiger partial charge in [0, 0.05) is 5.92 Å². The summed E-state index contributed by atoms with van der Waals surface area (Å²) in [7, 11) is -3.60. The van der Waals surface area contributed by atoms with Gasteiger partial charge in [0.15, 0.2) is 0 Å². The van der Waals surface area contributed by atoms with Crippen LogP contribution in [0.5, 0.6) is 0 Å². The van der Waals surface area contributed by atoms with Crippen LogP contribution in [0.25, 0.3) is 0 Å². The number of amides is 1. The van der Waals surface area contributed by atoms with E-state index in [1.807, 2.05) is 0 Å². The molecule has 0 atom stereocenters. The van der Waals surface area contributed by atoms with Gasteiger partial charge in [-0.05, 0) is 24.3 Å². The van der Waals surface area contributed by atoms with Crippen molar-refractivity contribution >= 4 is 27.3 Å². The summed E-state index contributed by atoms with van der Waals surface area (Å²) in [5, 5.41) is 1.67. The molecular formula is C10H14N2O3S2. The van der Waals surface area contributed by atoms with E-state index in [4.69, 9.17) is 0 Å². The molecule has 0 spiro atoms. The van der Waals surface area contributed by atoms with Crippen LogP contribution in [0.15, 0.2) is 21.7 Å². The molecule has 0 unspecified atom stereocenters. The maximum atomic E-state index is 11.7. The van der Waals surface area contributed by atoms with Gasteiger partial charge in [-0.15, -0.1) is 16.2 Å². The fourth-order valence-electron chi connectivity index (χ4n) is 1.87. The van der Waals surface area contributed by atoms with Crippen LogP contribution in [0.3, 0.4) is 0 Å². The third kappa shape index (κ3) is 3.05. The average molecular weight is 274 g/mol. The quantitative estimate of drug-likeness (QED) is 0.811. The van der Waals surface area contributed by atoms with Crippen LogP contribution in [-0.4, -0.2) is 14.3 Å². The second kappa shape index (κ2) is 5.16. The monoisotopic (exact) mass is 274 g/mol. The molecule has 1 heterocycles. The van der Waals surface area contributed by atoms with E-state index in [0.717, 1.165) is 37.0 Å². The summed E-state index contributed by atoms with van der Waals surface area (Å²) < 4.78 is 23.6. The molecule has 5 nitrogen and oxygen atoms in total. The van der Waals surface area contributed by atoms with Crippen molar-refractivity contribution in [1.29, 1.82) is 0 Å². The minimum absolute atomic E-state index is 0.0546. The average Bonchev–Trinajstić information content (AvgIpc) is 2.97. The maximum Gasteiger partial charge on any atom is 0.266 e. The molecule has 1 aromatic heterocycles. The van der Waals surface area contributed by atoms with Crippen molar-refractivity contribution in [2.75, 3.05) is 0 Å². The fourth-order valence-corrected chi connectivity index (χ4v) is 3.71. The summed E-state index contributed by atoms with van der Waals surface area (Å²) in [5.41, 5.74) is 2.28. The lowest BCUT2D eigenvalue weighted by atomic mass is 10.1. The Labute approximate surface area is 104 Å². The number of thiophene rings is 1. The van der Waals surface area contributed by atoms with E-state index in [-0.39, 0.29) is 16.0 Å². The molecule has 0 bridgehead atoms. The van der Waals surface area contributed by atoms with Crippen LogP contribution in [0, 0.1) is 5.92 Å². The van der Waals surface area contributed by atoms with Crippen molar-refractivity contribution in [3.63, 3.8) is 0 Å². The van der Waals surface area contributed by atoms with E-state index >= 15 is 0 Å². The third-order valence-corrected chi connectivity index (χ3v) is 5.44. The Morgan fingerprint density at radius 3 is 2.65 bits per heavy atom. The minimum Gasteiger partial charge on any atom is -0.277 e. The van der Waals surface area contributed by atoms with Gasteiger partial charge >= 0.3 is 0 Å². The Hall–Kier alpha value is -0.920. The summed E-state index contributed by atoms with van der Waals surface area (Å²) in [5.74, 6) is -0.288. The summed E-state index contributed by atoms with van der Waals surface area (Å²) in [6.45, 7) is 0. The smallest absolute Gasteiger partial charge is 0.266 e. The van der Waals surface area contributed by atoms with Crippen LogP contribution in [0.4, 0.5) is 0 Å². The molecule has 1 aliphatic rings. The normalized spacial score (nSPS) is 17.2. The van der Waals surface area contributed by atoms with Gasteiger partial charge < -0.3 is 0 Å². The van der Waals surface area contributed by atoms with Crippen LogP contribution < -0.4 is 10.3 Å². The molecule has 1 aliphatic carbocycles. The molecule has 94 valence electrons. The Balaban J connectivity index is 1.91. The number of hydrogen-bond donors (Lipinski definition) is 2. The van der Waals surface area contributed by atoms with Crippen molar-refractivity contribution in [2.45, 2.75) is 29.9 Å². The molecule has 17 heavy (non-hydrogen) atoms. The first-order valence-corrected chi connectivity index (χ1v) is 7.81. The van der Waals surface area contributed by atoms with Crippen LogP contribution >= 0.6 is 11.3 Å². The SMILES string of the molecule is O=C(NNS(=O)(=O)c1cccs1)C1CCCC1. The van der Waals surface area contributed by atoms with Gasteiger partial charge in [0.25, 0.3) is 10.0 Å². The molecule has 0 saturated heterocycles. The molecule has 7 heteroatoms. The highest BCUT2D eigenvalue weighted by Crippen LogP contribution is 2.24. The van der Waals surface area contributed by atoms with Gasteiger partial charge in [-0.25, -0.2) is 8.42 Å². The van der Waals surface area contributed by atoms with Crippen molar-refractivity contribution < 1.29 is 13.2 Å². The molecule has 0 radical (unpaired) electrons. The predicted octanol–water partition coefficient (Wildman–Crippen LogP) is 1.25. The molecule has 2 N–H and O–H groups in total. The second-order valence-electron chi connectivity index (χ2n) is 4.01. The zero-order valence-electron chi connectivity index (χ0n) is 9.18. The Morgan fingerprint density at radius 1 is 1.35 bits per heavy atom. The largest absolute Gasteiger partial charge is 0.277 e. The molecule has 0 aromatic carbocycles. The minimum atomic E-state index is -3.60. The number of hydrogen-bond acceptors (Lipinski definition) is 4. The van der Waals surface area contributed by atoms with Crippen molar-refractivity contribution in [3.8, 4) is 0 Å². The zero-order chi connectivity index (χ0) is 12.3. The Morgan fingerprint density at radius 2 is 2.06 bits per heavy atom. The summed E-state index contributed by atoms with van der Waals surface area (Å²) >= 11 is 1.11. The first-order valence-electron chi connectivity index (χ1n) is 5.45. The lowest BCUT2D eigenvalue weighted by molar-refractivity contribution is -0.125. The van der Waals surface area contributed by atoms with Crippen LogP contribution in [0.2, 0.25) is 0 Å². The van der Waals surface area contributed by atoms with E-state index in [2.05, 4.69) is 10.3 Å². The van der Waals surface area contributed by atoms with Crippen molar-refractivity contribution in [2.24, 2.45) is 5.92 Å². The highest BCUT2D eigenvalue weighted by atomic mass is 32.2. The Kier molecular flexibility index (Phi) is 3.80. The standard InChI is InChI=1S/C10H14N2O3S2/c13-10(8-4-1-2-5-8)11-12-17(14,15)9-6-3-7-16-9/h3,6-8,12H,1-2,4-5H2,(H,11,13). The fraction of sp³-hybridized carbons (Fsp3) is 0.500. The number of carbonyl (C=O) groups is 1. The number of rotatable bonds is 4. The number of hydrazine groups is 1. The molecule has 0 aliphatic heterocycles. The lowest BCUT2D eigenvalue weighted by Gasteiger charge is -2.10. The van der Waals surface area contributed by atoms with Crippen LogP contribution in [-0.2, 0) is 14.8 Å². The molecule has 2 rings (SSSR count). The van der Waals surface area contributed by atoms with E-state index in [1.54, 1.807) is 11.4 Å². The van der Waals surface area contributed by atoms with Gasteiger partial charge in [-0.2, -0.15) is 0 Å². The Bertz CT molecular complexity index is 476. The van der Waals surface area contributed by atoms with Crippen molar-refractivity contribution in [1.82, 2.24) is 10.3 Å². The summed E-state index contributed by atoms with van der Waals surface area (Å²) in [6.07, 6.45) is 3.75.